The molecule has 0 bridgehead atoms. The molecule has 0 radical (unpaired) electrons. The lowest BCUT2D eigenvalue weighted by molar-refractivity contribution is 0.267. The summed E-state index contributed by atoms with van der Waals surface area (Å²) in [5.41, 5.74) is 0.668. The fraction of sp³-hybridized carbons (Fsp3) is 0.625. The Labute approximate surface area is 121 Å². The molecule has 0 aliphatic heterocycles. The summed E-state index contributed by atoms with van der Waals surface area (Å²) < 4.78 is 26.5. The summed E-state index contributed by atoms with van der Waals surface area (Å²) in [6, 6.07) is 3.68. The Morgan fingerprint density at radius 2 is 1.80 bits per heavy atom. The third-order valence-electron chi connectivity index (χ3n) is 3.76. The van der Waals surface area contributed by atoms with Gasteiger partial charge in [0.05, 0.1) is 0 Å². The van der Waals surface area contributed by atoms with E-state index in [0.717, 1.165) is 32.0 Å². The Kier molecular flexibility index (Phi) is 7.10. The summed E-state index contributed by atoms with van der Waals surface area (Å²) in [6.07, 6.45) is 1.99. The molecule has 0 aromatic heterocycles. The molecule has 2 atom stereocenters. The van der Waals surface area contributed by atoms with Gasteiger partial charge < -0.3 is 10.2 Å². The van der Waals surface area contributed by atoms with Gasteiger partial charge in [0, 0.05) is 18.7 Å². The molecular weight excluding hydrogens is 258 g/mol. The van der Waals surface area contributed by atoms with Crippen molar-refractivity contribution in [1.82, 2.24) is 10.2 Å². The highest BCUT2D eigenvalue weighted by atomic mass is 19.1. The van der Waals surface area contributed by atoms with Gasteiger partial charge in [0.1, 0.15) is 11.6 Å². The van der Waals surface area contributed by atoms with Crippen molar-refractivity contribution in [2.75, 3.05) is 27.2 Å². The summed E-state index contributed by atoms with van der Waals surface area (Å²) in [7, 11) is 3.91. The second-order valence-corrected chi connectivity index (χ2v) is 5.61. The average Bonchev–Trinajstić information content (AvgIpc) is 2.38. The van der Waals surface area contributed by atoms with Crippen LogP contribution in [-0.2, 0) is 0 Å². The summed E-state index contributed by atoms with van der Waals surface area (Å²) in [6.45, 7) is 6.36. The van der Waals surface area contributed by atoms with E-state index in [1.807, 2.05) is 7.05 Å². The quantitative estimate of drug-likeness (QED) is 0.785. The molecule has 0 aliphatic rings. The first kappa shape index (κ1) is 17.1. The molecule has 1 N–H and O–H groups in total. The molecule has 2 unspecified atom stereocenters. The van der Waals surface area contributed by atoms with Crippen LogP contribution in [0.2, 0.25) is 0 Å². The van der Waals surface area contributed by atoms with E-state index in [1.165, 1.54) is 12.1 Å². The highest BCUT2D eigenvalue weighted by Gasteiger charge is 2.13. The van der Waals surface area contributed by atoms with Gasteiger partial charge in [0.2, 0.25) is 0 Å². The van der Waals surface area contributed by atoms with Gasteiger partial charge in [-0.2, -0.15) is 0 Å². The largest absolute Gasteiger partial charge is 0.313 e. The molecule has 4 heteroatoms. The second-order valence-electron chi connectivity index (χ2n) is 5.61. The van der Waals surface area contributed by atoms with Gasteiger partial charge in [-0.3, -0.25) is 0 Å². The van der Waals surface area contributed by atoms with Crippen LogP contribution in [0.1, 0.15) is 38.3 Å². The summed E-state index contributed by atoms with van der Waals surface area (Å²) >= 11 is 0. The standard InChI is InChI=1S/C16H26F2N2/c1-5-12(2)11-20(4)7-6-16(19-3)13-8-14(17)10-15(18)9-13/h8-10,12,16,19H,5-7,11H2,1-4H3. The zero-order valence-electron chi connectivity index (χ0n) is 12.9. The second kappa shape index (κ2) is 8.32. The lowest BCUT2D eigenvalue weighted by Crippen LogP contribution is -2.28. The first-order valence-corrected chi connectivity index (χ1v) is 7.28. The van der Waals surface area contributed by atoms with Gasteiger partial charge in [0.15, 0.2) is 0 Å². The number of halogens is 2. The molecule has 1 aromatic carbocycles. The fourth-order valence-corrected chi connectivity index (χ4v) is 2.36. The van der Waals surface area contributed by atoms with E-state index in [4.69, 9.17) is 0 Å². The van der Waals surface area contributed by atoms with E-state index in [-0.39, 0.29) is 6.04 Å². The molecule has 0 fully saturated rings. The SMILES string of the molecule is CCC(C)CN(C)CCC(NC)c1cc(F)cc(F)c1. The molecule has 1 rings (SSSR count). The summed E-state index contributed by atoms with van der Waals surface area (Å²) in [5, 5.41) is 3.14. The normalized spacial score (nSPS) is 14.6. The van der Waals surface area contributed by atoms with E-state index < -0.39 is 11.6 Å². The van der Waals surface area contributed by atoms with Crippen molar-refractivity contribution in [3.05, 3.63) is 35.4 Å². The predicted octanol–water partition coefficient (Wildman–Crippen LogP) is 3.59. The molecule has 1 aromatic rings. The Balaban J connectivity index is 2.58. The average molecular weight is 284 g/mol. The van der Waals surface area contributed by atoms with Crippen LogP contribution < -0.4 is 5.32 Å². The van der Waals surface area contributed by atoms with Crippen LogP contribution in [0.15, 0.2) is 18.2 Å². The van der Waals surface area contributed by atoms with Crippen molar-refractivity contribution < 1.29 is 8.78 Å². The van der Waals surface area contributed by atoms with Gasteiger partial charge >= 0.3 is 0 Å². The lowest BCUT2D eigenvalue weighted by atomic mass is 10.0. The lowest BCUT2D eigenvalue weighted by Gasteiger charge is -2.24. The minimum Gasteiger partial charge on any atom is -0.313 e. The van der Waals surface area contributed by atoms with E-state index in [1.54, 1.807) is 0 Å². The minimum absolute atomic E-state index is 0.0282. The van der Waals surface area contributed by atoms with Gasteiger partial charge in [-0.25, -0.2) is 8.78 Å². The highest BCUT2D eigenvalue weighted by molar-refractivity contribution is 5.21. The first-order chi connectivity index (χ1) is 9.46. The molecule has 114 valence electrons. The van der Waals surface area contributed by atoms with Crippen LogP contribution in [0.4, 0.5) is 8.78 Å². The van der Waals surface area contributed by atoms with Crippen LogP contribution in [0, 0.1) is 17.6 Å². The molecule has 0 spiro atoms. The summed E-state index contributed by atoms with van der Waals surface area (Å²) in [5.74, 6) is -0.374. The number of rotatable bonds is 8. The van der Waals surface area contributed by atoms with Crippen molar-refractivity contribution in [1.29, 1.82) is 0 Å². The monoisotopic (exact) mass is 284 g/mol. The minimum atomic E-state index is -0.520. The van der Waals surface area contributed by atoms with Crippen molar-refractivity contribution in [3.63, 3.8) is 0 Å². The molecule has 0 saturated heterocycles. The van der Waals surface area contributed by atoms with Crippen LogP contribution >= 0.6 is 0 Å². The van der Waals surface area contributed by atoms with Crippen molar-refractivity contribution >= 4 is 0 Å². The van der Waals surface area contributed by atoms with Crippen LogP contribution in [0.25, 0.3) is 0 Å². The van der Waals surface area contributed by atoms with Crippen LogP contribution in [-0.4, -0.2) is 32.1 Å². The van der Waals surface area contributed by atoms with Crippen molar-refractivity contribution in [2.45, 2.75) is 32.7 Å². The first-order valence-electron chi connectivity index (χ1n) is 7.28. The Bertz CT molecular complexity index is 389. The Hall–Kier alpha value is -1.00. The maximum Gasteiger partial charge on any atom is 0.126 e. The number of hydrogen-bond donors (Lipinski definition) is 1. The van der Waals surface area contributed by atoms with Gasteiger partial charge in [-0.1, -0.05) is 20.3 Å². The Morgan fingerprint density at radius 3 is 2.30 bits per heavy atom. The zero-order valence-corrected chi connectivity index (χ0v) is 12.9. The van der Waals surface area contributed by atoms with Gasteiger partial charge in [-0.05, 0) is 50.7 Å². The smallest absolute Gasteiger partial charge is 0.126 e. The Morgan fingerprint density at radius 1 is 1.20 bits per heavy atom. The van der Waals surface area contributed by atoms with E-state index in [9.17, 15) is 8.78 Å². The zero-order chi connectivity index (χ0) is 15.1. The van der Waals surface area contributed by atoms with Crippen molar-refractivity contribution in [2.24, 2.45) is 5.92 Å². The third-order valence-corrected chi connectivity index (χ3v) is 3.76. The molecule has 2 nitrogen and oxygen atoms in total. The van der Waals surface area contributed by atoms with Crippen LogP contribution in [0.3, 0.4) is 0 Å². The number of nitrogens with one attached hydrogen (secondary N) is 1. The van der Waals surface area contributed by atoms with Crippen molar-refractivity contribution in [3.8, 4) is 0 Å². The van der Waals surface area contributed by atoms with E-state index in [0.29, 0.717) is 11.5 Å². The molecular formula is C16H26F2N2. The molecule has 0 aliphatic carbocycles. The van der Waals surface area contributed by atoms with Gasteiger partial charge in [-0.15, -0.1) is 0 Å². The van der Waals surface area contributed by atoms with Gasteiger partial charge in [0.25, 0.3) is 0 Å². The number of nitrogens with zero attached hydrogens (tertiary/aromatic N) is 1. The van der Waals surface area contributed by atoms with E-state index in [2.05, 4.69) is 31.1 Å². The number of benzene rings is 1. The third kappa shape index (κ3) is 5.55. The molecule has 0 heterocycles. The topological polar surface area (TPSA) is 15.3 Å². The van der Waals surface area contributed by atoms with Crippen LogP contribution in [0.5, 0.6) is 0 Å². The predicted molar refractivity (Wildman–Crippen MR) is 79.7 cm³/mol. The molecule has 0 amide bonds. The summed E-state index contributed by atoms with van der Waals surface area (Å²) in [4.78, 5) is 2.27. The molecule has 20 heavy (non-hydrogen) atoms. The van der Waals surface area contributed by atoms with E-state index >= 15 is 0 Å². The maximum absolute atomic E-state index is 13.3. The fourth-order valence-electron chi connectivity index (χ4n) is 2.36. The highest BCUT2D eigenvalue weighted by Crippen LogP contribution is 2.19. The molecule has 0 saturated carbocycles. The maximum atomic E-state index is 13.3. The number of hydrogen-bond acceptors (Lipinski definition) is 2.